The number of H-pyrrole nitrogens is 2. The van der Waals surface area contributed by atoms with Crippen molar-refractivity contribution in [2.45, 2.75) is 38.0 Å². The molecule has 1 aliphatic rings. The summed E-state index contributed by atoms with van der Waals surface area (Å²) in [5.41, 5.74) is 4.77. The van der Waals surface area contributed by atoms with Crippen molar-refractivity contribution in [2.75, 3.05) is 19.6 Å². The molecule has 5 rings (SSSR count). The second kappa shape index (κ2) is 8.07. The highest BCUT2D eigenvalue weighted by Crippen LogP contribution is 2.31. The SMILES string of the molecule is Oc1ccc2[nH]c(C3CCN(CCCCc4c[nH]c5cc(O)ccc45)CC3)cc2c1. The van der Waals surface area contributed by atoms with E-state index >= 15 is 0 Å². The monoisotopic (exact) mass is 403 g/mol. The van der Waals surface area contributed by atoms with Crippen LogP contribution in [0.2, 0.25) is 0 Å². The molecule has 156 valence electrons. The first-order valence-corrected chi connectivity index (χ1v) is 11.0. The number of nitrogens with zero attached hydrogens (tertiary/aromatic N) is 1. The summed E-state index contributed by atoms with van der Waals surface area (Å²) in [7, 11) is 0. The topological polar surface area (TPSA) is 75.3 Å². The summed E-state index contributed by atoms with van der Waals surface area (Å²) in [4.78, 5) is 9.41. The first kappa shape index (κ1) is 19.1. The fourth-order valence-corrected chi connectivity index (χ4v) is 4.86. The highest BCUT2D eigenvalue weighted by Gasteiger charge is 2.21. The molecule has 2 aromatic heterocycles. The Bertz CT molecular complexity index is 1150. The van der Waals surface area contributed by atoms with Crippen LogP contribution in [0.15, 0.2) is 48.7 Å². The zero-order valence-corrected chi connectivity index (χ0v) is 17.2. The molecule has 0 spiro atoms. The number of fused-ring (bicyclic) bond motifs is 2. The lowest BCUT2D eigenvalue weighted by Crippen LogP contribution is -2.33. The average Bonchev–Trinajstić information content (AvgIpc) is 3.35. The van der Waals surface area contributed by atoms with Gasteiger partial charge in [0.15, 0.2) is 0 Å². The molecule has 5 heteroatoms. The molecule has 0 atom stereocenters. The van der Waals surface area contributed by atoms with Crippen LogP contribution in [0.5, 0.6) is 11.5 Å². The fourth-order valence-electron chi connectivity index (χ4n) is 4.86. The molecule has 3 heterocycles. The van der Waals surface area contributed by atoms with Gasteiger partial charge in [0.2, 0.25) is 0 Å². The van der Waals surface area contributed by atoms with Crippen LogP contribution in [0.3, 0.4) is 0 Å². The number of aromatic amines is 2. The number of likely N-dealkylation sites (tertiary alicyclic amines) is 1. The lowest BCUT2D eigenvalue weighted by molar-refractivity contribution is 0.208. The number of phenols is 2. The number of piperidine rings is 1. The number of hydrogen-bond donors (Lipinski definition) is 4. The van der Waals surface area contributed by atoms with Gasteiger partial charge in [-0.15, -0.1) is 0 Å². The van der Waals surface area contributed by atoms with Crippen molar-refractivity contribution in [3.8, 4) is 11.5 Å². The average molecular weight is 404 g/mol. The molecular weight excluding hydrogens is 374 g/mol. The Morgan fingerprint density at radius 2 is 1.70 bits per heavy atom. The fraction of sp³-hybridized carbons (Fsp3) is 0.360. The van der Waals surface area contributed by atoms with Gasteiger partial charge in [-0.2, -0.15) is 0 Å². The molecule has 4 N–H and O–H groups in total. The molecule has 30 heavy (non-hydrogen) atoms. The van der Waals surface area contributed by atoms with E-state index in [2.05, 4.69) is 27.1 Å². The number of rotatable bonds is 6. The zero-order valence-electron chi connectivity index (χ0n) is 17.2. The molecule has 1 saturated heterocycles. The first-order chi connectivity index (χ1) is 14.7. The standard InChI is InChI=1S/C25H29N3O2/c29-20-5-7-23-19(13-20)14-24(27-23)17-8-11-28(12-9-17)10-2-1-3-18-16-26-25-15-21(30)4-6-22(18)25/h4-7,13-17,26-27,29-30H,1-3,8-12H2. The summed E-state index contributed by atoms with van der Waals surface area (Å²) < 4.78 is 0. The maximum atomic E-state index is 9.68. The first-order valence-electron chi connectivity index (χ1n) is 11.0. The molecule has 5 nitrogen and oxygen atoms in total. The number of unbranched alkanes of at least 4 members (excludes halogenated alkanes) is 1. The number of nitrogens with one attached hydrogen (secondary N) is 2. The van der Waals surface area contributed by atoms with Crippen molar-refractivity contribution in [3.63, 3.8) is 0 Å². The summed E-state index contributed by atoms with van der Waals surface area (Å²) in [5.74, 6) is 1.22. The minimum absolute atomic E-state index is 0.310. The Morgan fingerprint density at radius 1 is 0.900 bits per heavy atom. The molecule has 0 amide bonds. The van der Waals surface area contributed by atoms with E-state index in [1.807, 2.05) is 18.2 Å². The van der Waals surface area contributed by atoms with E-state index in [4.69, 9.17) is 0 Å². The predicted molar refractivity (Wildman–Crippen MR) is 121 cm³/mol. The molecule has 0 unspecified atom stereocenters. The Balaban J connectivity index is 1.09. The molecule has 1 fully saturated rings. The van der Waals surface area contributed by atoms with E-state index < -0.39 is 0 Å². The maximum Gasteiger partial charge on any atom is 0.117 e. The van der Waals surface area contributed by atoms with Crippen LogP contribution >= 0.6 is 0 Å². The number of aromatic nitrogens is 2. The third-order valence-corrected chi connectivity index (χ3v) is 6.57. The van der Waals surface area contributed by atoms with Gasteiger partial charge in [-0.3, -0.25) is 0 Å². The van der Waals surface area contributed by atoms with Gasteiger partial charge in [0, 0.05) is 45.7 Å². The van der Waals surface area contributed by atoms with Crippen molar-refractivity contribution in [1.29, 1.82) is 0 Å². The molecule has 2 aromatic carbocycles. The second-order valence-corrected chi connectivity index (χ2v) is 8.61. The van der Waals surface area contributed by atoms with Gasteiger partial charge in [0.1, 0.15) is 11.5 Å². The van der Waals surface area contributed by atoms with E-state index in [1.165, 1.54) is 42.3 Å². The molecule has 0 radical (unpaired) electrons. The third-order valence-electron chi connectivity index (χ3n) is 6.57. The number of hydrogen-bond acceptors (Lipinski definition) is 3. The van der Waals surface area contributed by atoms with Gasteiger partial charge in [-0.1, -0.05) is 0 Å². The summed E-state index contributed by atoms with van der Waals surface area (Å²) in [5, 5.41) is 21.6. The Morgan fingerprint density at radius 3 is 2.57 bits per heavy atom. The van der Waals surface area contributed by atoms with Crippen molar-refractivity contribution < 1.29 is 10.2 Å². The second-order valence-electron chi connectivity index (χ2n) is 8.61. The normalized spacial score (nSPS) is 16.0. The highest BCUT2D eigenvalue weighted by atomic mass is 16.3. The number of phenolic OH excluding ortho intramolecular Hbond substituents is 2. The molecule has 0 aliphatic carbocycles. The van der Waals surface area contributed by atoms with Crippen LogP contribution in [-0.2, 0) is 6.42 Å². The van der Waals surface area contributed by atoms with Crippen LogP contribution < -0.4 is 0 Å². The smallest absolute Gasteiger partial charge is 0.117 e. The predicted octanol–water partition coefficient (Wildman–Crippen LogP) is 5.26. The van der Waals surface area contributed by atoms with E-state index in [-0.39, 0.29) is 0 Å². The molecule has 0 bridgehead atoms. The summed E-state index contributed by atoms with van der Waals surface area (Å²) in [6.07, 6.45) is 7.91. The third kappa shape index (κ3) is 3.90. The van der Waals surface area contributed by atoms with Crippen molar-refractivity contribution in [2.24, 2.45) is 0 Å². The number of aromatic hydroxyl groups is 2. The lowest BCUT2D eigenvalue weighted by atomic mass is 9.93. The molecular formula is C25H29N3O2. The van der Waals surface area contributed by atoms with Gasteiger partial charge < -0.3 is 25.1 Å². The minimum Gasteiger partial charge on any atom is -0.508 e. The molecule has 0 saturated carbocycles. The summed E-state index contributed by atoms with van der Waals surface area (Å²) in [6.45, 7) is 3.46. The number of aryl methyl sites for hydroxylation is 1. The van der Waals surface area contributed by atoms with Crippen LogP contribution in [-0.4, -0.2) is 44.7 Å². The van der Waals surface area contributed by atoms with E-state index in [9.17, 15) is 10.2 Å². The van der Waals surface area contributed by atoms with Gasteiger partial charge in [-0.25, -0.2) is 0 Å². The lowest BCUT2D eigenvalue weighted by Gasteiger charge is -2.31. The Hall–Kier alpha value is -2.92. The van der Waals surface area contributed by atoms with Gasteiger partial charge in [0.25, 0.3) is 0 Å². The highest BCUT2D eigenvalue weighted by molar-refractivity contribution is 5.84. The molecule has 4 aromatic rings. The summed E-state index contributed by atoms with van der Waals surface area (Å²) in [6, 6.07) is 13.3. The van der Waals surface area contributed by atoms with E-state index in [0.29, 0.717) is 17.4 Å². The minimum atomic E-state index is 0.310. The van der Waals surface area contributed by atoms with Gasteiger partial charge in [0.05, 0.1) is 0 Å². The van der Waals surface area contributed by atoms with Crippen molar-refractivity contribution >= 4 is 21.8 Å². The Kier molecular flexibility index (Phi) is 5.13. The largest absolute Gasteiger partial charge is 0.508 e. The zero-order chi connectivity index (χ0) is 20.5. The summed E-state index contributed by atoms with van der Waals surface area (Å²) >= 11 is 0. The quantitative estimate of drug-likeness (QED) is 0.332. The van der Waals surface area contributed by atoms with Crippen molar-refractivity contribution in [3.05, 3.63) is 59.9 Å². The van der Waals surface area contributed by atoms with Crippen LogP contribution in [0.25, 0.3) is 21.8 Å². The van der Waals surface area contributed by atoms with Crippen LogP contribution in [0.4, 0.5) is 0 Å². The van der Waals surface area contributed by atoms with Crippen LogP contribution in [0, 0.1) is 0 Å². The number of benzene rings is 2. The maximum absolute atomic E-state index is 9.68. The Labute approximate surface area is 176 Å². The van der Waals surface area contributed by atoms with Gasteiger partial charge >= 0.3 is 0 Å². The molecule has 1 aliphatic heterocycles. The van der Waals surface area contributed by atoms with Crippen LogP contribution in [0.1, 0.15) is 42.9 Å². The van der Waals surface area contributed by atoms with E-state index in [0.717, 1.165) is 42.5 Å². The van der Waals surface area contributed by atoms with E-state index in [1.54, 1.807) is 18.2 Å². The van der Waals surface area contributed by atoms with Crippen molar-refractivity contribution in [1.82, 2.24) is 14.9 Å². The van der Waals surface area contributed by atoms with Gasteiger partial charge in [-0.05, 0) is 93.7 Å².